The minimum atomic E-state index is -4.34. The lowest BCUT2D eigenvalue weighted by atomic mass is 10.1. The van der Waals surface area contributed by atoms with E-state index in [1.54, 1.807) is 11.8 Å². The van der Waals surface area contributed by atoms with E-state index in [9.17, 15) is 13.2 Å². The molecule has 0 amide bonds. The Morgan fingerprint density at radius 2 is 2.06 bits per heavy atom. The van der Waals surface area contributed by atoms with E-state index >= 15 is 0 Å². The summed E-state index contributed by atoms with van der Waals surface area (Å²) in [5.41, 5.74) is 5.47. The molecular formula is C10H13F3N2S. The summed E-state index contributed by atoms with van der Waals surface area (Å²) in [7, 11) is 0. The first-order valence-corrected chi connectivity index (χ1v) is 6.04. The summed E-state index contributed by atoms with van der Waals surface area (Å²) < 4.78 is 37.0. The molecule has 0 spiro atoms. The van der Waals surface area contributed by atoms with Crippen LogP contribution in [0.15, 0.2) is 18.2 Å². The number of halogens is 3. The largest absolute Gasteiger partial charge is 0.416 e. The molecule has 0 aliphatic carbocycles. The Morgan fingerprint density at radius 3 is 2.56 bits per heavy atom. The molecular weight excluding hydrogens is 237 g/mol. The lowest BCUT2D eigenvalue weighted by Gasteiger charge is -2.12. The molecule has 0 saturated carbocycles. The van der Waals surface area contributed by atoms with Crippen molar-refractivity contribution in [2.75, 3.05) is 29.6 Å². The maximum atomic E-state index is 12.3. The highest BCUT2D eigenvalue weighted by molar-refractivity contribution is 7.98. The molecule has 2 nitrogen and oxygen atoms in total. The summed E-state index contributed by atoms with van der Waals surface area (Å²) in [5.74, 6) is 0.875. The lowest BCUT2D eigenvalue weighted by molar-refractivity contribution is -0.137. The summed E-state index contributed by atoms with van der Waals surface area (Å²) >= 11 is 1.65. The molecule has 90 valence electrons. The molecule has 1 aromatic rings. The van der Waals surface area contributed by atoms with E-state index in [2.05, 4.69) is 5.32 Å². The summed E-state index contributed by atoms with van der Waals surface area (Å²) in [5, 5.41) is 2.98. The zero-order chi connectivity index (χ0) is 12.2. The Kier molecular flexibility index (Phi) is 4.35. The van der Waals surface area contributed by atoms with Gasteiger partial charge in [-0.3, -0.25) is 0 Å². The van der Waals surface area contributed by atoms with Gasteiger partial charge in [-0.1, -0.05) is 0 Å². The van der Waals surface area contributed by atoms with Crippen molar-refractivity contribution in [2.45, 2.75) is 6.18 Å². The topological polar surface area (TPSA) is 38.0 Å². The van der Waals surface area contributed by atoms with Gasteiger partial charge in [-0.2, -0.15) is 24.9 Å². The number of thioether (sulfide) groups is 1. The zero-order valence-corrected chi connectivity index (χ0v) is 9.58. The molecule has 0 bridgehead atoms. The highest BCUT2D eigenvalue weighted by Gasteiger charge is 2.30. The van der Waals surface area contributed by atoms with Gasteiger partial charge >= 0.3 is 6.18 Å². The van der Waals surface area contributed by atoms with E-state index in [0.29, 0.717) is 12.2 Å². The van der Waals surface area contributed by atoms with Crippen molar-refractivity contribution in [1.82, 2.24) is 0 Å². The predicted molar refractivity (Wildman–Crippen MR) is 62.7 cm³/mol. The number of nitrogens with two attached hydrogens (primary N) is 1. The van der Waals surface area contributed by atoms with Crippen LogP contribution in [-0.2, 0) is 6.18 Å². The number of benzene rings is 1. The van der Waals surface area contributed by atoms with Crippen LogP contribution in [0.1, 0.15) is 5.56 Å². The van der Waals surface area contributed by atoms with Crippen LogP contribution in [0.4, 0.5) is 24.5 Å². The summed E-state index contributed by atoms with van der Waals surface area (Å²) in [6, 6.07) is 3.33. The lowest BCUT2D eigenvalue weighted by Crippen LogP contribution is -2.09. The first-order chi connectivity index (χ1) is 7.45. The highest BCUT2D eigenvalue weighted by atomic mass is 32.2. The molecule has 1 rings (SSSR count). The molecule has 6 heteroatoms. The quantitative estimate of drug-likeness (QED) is 0.637. The second-order valence-electron chi connectivity index (χ2n) is 3.22. The van der Waals surface area contributed by atoms with Crippen molar-refractivity contribution in [3.63, 3.8) is 0 Å². The third-order valence-electron chi connectivity index (χ3n) is 2.00. The Balaban J connectivity index is 2.76. The number of nitrogens with one attached hydrogen (secondary N) is 1. The Hall–Kier alpha value is -1.04. The van der Waals surface area contributed by atoms with Gasteiger partial charge in [-0.25, -0.2) is 0 Å². The molecule has 0 fully saturated rings. The van der Waals surface area contributed by atoms with Crippen LogP contribution >= 0.6 is 11.8 Å². The molecule has 0 aliphatic rings. The number of hydrogen-bond donors (Lipinski definition) is 2. The molecule has 0 aliphatic heterocycles. The number of hydrogen-bond acceptors (Lipinski definition) is 3. The van der Waals surface area contributed by atoms with Crippen LogP contribution in [0.2, 0.25) is 0 Å². The molecule has 3 N–H and O–H groups in total. The first kappa shape index (κ1) is 13.0. The predicted octanol–water partition coefficient (Wildman–Crippen LogP) is 3.06. The summed E-state index contributed by atoms with van der Waals surface area (Å²) in [4.78, 5) is 0. The van der Waals surface area contributed by atoms with Gasteiger partial charge in [-0.05, 0) is 24.5 Å². The molecule has 0 saturated heterocycles. The third-order valence-corrected chi connectivity index (χ3v) is 2.61. The molecule has 16 heavy (non-hydrogen) atoms. The first-order valence-electron chi connectivity index (χ1n) is 4.64. The Bertz CT molecular complexity index is 352. The maximum absolute atomic E-state index is 12.3. The fourth-order valence-corrected chi connectivity index (χ4v) is 1.49. The van der Waals surface area contributed by atoms with Crippen molar-refractivity contribution < 1.29 is 13.2 Å². The van der Waals surface area contributed by atoms with Gasteiger partial charge in [0.05, 0.1) is 16.9 Å². The SMILES string of the molecule is CSCCNc1ccc(C(F)(F)F)cc1N. The summed E-state index contributed by atoms with van der Waals surface area (Å²) in [6.45, 7) is 0.677. The van der Waals surface area contributed by atoms with E-state index in [1.807, 2.05) is 6.26 Å². The van der Waals surface area contributed by atoms with Gasteiger partial charge in [0, 0.05) is 12.3 Å². The van der Waals surface area contributed by atoms with Crippen LogP contribution in [0.3, 0.4) is 0 Å². The summed E-state index contributed by atoms with van der Waals surface area (Å²) in [6.07, 6.45) is -2.39. The van der Waals surface area contributed by atoms with Crippen molar-refractivity contribution in [3.05, 3.63) is 23.8 Å². The Morgan fingerprint density at radius 1 is 1.38 bits per heavy atom. The number of alkyl halides is 3. The number of anilines is 2. The van der Waals surface area contributed by atoms with Crippen molar-refractivity contribution in [3.8, 4) is 0 Å². The second-order valence-corrected chi connectivity index (χ2v) is 4.20. The second kappa shape index (κ2) is 5.34. The van der Waals surface area contributed by atoms with Crippen LogP contribution in [0, 0.1) is 0 Å². The molecule has 1 aromatic carbocycles. The normalized spacial score (nSPS) is 11.5. The minimum absolute atomic E-state index is 0.121. The maximum Gasteiger partial charge on any atom is 0.416 e. The van der Waals surface area contributed by atoms with Gasteiger partial charge < -0.3 is 11.1 Å². The highest BCUT2D eigenvalue weighted by Crippen LogP contribution is 2.32. The molecule has 0 radical (unpaired) electrons. The van der Waals surface area contributed by atoms with Crippen molar-refractivity contribution >= 4 is 23.1 Å². The molecule has 0 atom stereocenters. The van der Waals surface area contributed by atoms with Crippen molar-refractivity contribution in [1.29, 1.82) is 0 Å². The van der Waals surface area contributed by atoms with Gasteiger partial charge in [-0.15, -0.1) is 0 Å². The average molecular weight is 250 g/mol. The van der Waals surface area contributed by atoms with Gasteiger partial charge in [0.2, 0.25) is 0 Å². The van der Waals surface area contributed by atoms with E-state index < -0.39 is 11.7 Å². The monoisotopic (exact) mass is 250 g/mol. The fraction of sp³-hybridized carbons (Fsp3) is 0.400. The van der Waals surface area contributed by atoms with Crippen LogP contribution in [-0.4, -0.2) is 18.6 Å². The number of nitrogen functional groups attached to an aromatic ring is 1. The minimum Gasteiger partial charge on any atom is -0.397 e. The van der Waals surface area contributed by atoms with Gasteiger partial charge in [0.25, 0.3) is 0 Å². The van der Waals surface area contributed by atoms with Gasteiger partial charge in [0.1, 0.15) is 0 Å². The standard InChI is InChI=1S/C10H13F3N2S/c1-16-5-4-15-9-3-2-7(6-8(9)14)10(11,12)13/h2-3,6,15H,4-5,14H2,1H3. The zero-order valence-electron chi connectivity index (χ0n) is 8.77. The molecule has 0 heterocycles. The number of rotatable bonds is 4. The van der Waals surface area contributed by atoms with Gasteiger partial charge in [0.15, 0.2) is 0 Å². The Labute approximate surface area is 96.4 Å². The van der Waals surface area contributed by atoms with Crippen LogP contribution in [0.5, 0.6) is 0 Å². The van der Waals surface area contributed by atoms with E-state index in [-0.39, 0.29) is 5.69 Å². The van der Waals surface area contributed by atoms with E-state index in [0.717, 1.165) is 17.9 Å². The molecule has 0 aromatic heterocycles. The third kappa shape index (κ3) is 3.52. The average Bonchev–Trinajstić information content (AvgIpc) is 2.19. The van der Waals surface area contributed by atoms with Crippen molar-refractivity contribution in [2.24, 2.45) is 0 Å². The van der Waals surface area contributed by atoms with Crippen LogP contribution < -0.4 is 11.1 Å². The smallest absolute Gasteiger partial charge is 0.397 e. The van der Waals surface area contributed by atoms with Crippen LogP contribution in [0.25, 0.3) is 0 Å². The van der Waals surface area contributed by atoms with E-state index in [1.165, 1.54) is 6.07 Å². The molecule has 0 unspecified atom stereocenters. The fourth-order valence-electron chi connectivity index (χ4n) is 1.19. The van der Waals surface area contributed by atoms with E-state index in [4.69, 9.17) is 5.73 Å².